The Balaban J connectivity index is 1.87. The van der Waals surface area contributed by atoms with Crippen LogP contribution in [0, 0.1) is 0 Å². The second kappa shape index (κ2) is 4.84. The molecular weight excluding hydrogens is 216 g/mol. The van der Waals surface area contributed by atoms with E-state index in [2.05, 4.69) is 37.9 Å². The zero-order valence-electron chi connectivity index (χ0n) is 11.4. The largest absolute Gasteiger partial charge is 0.392 e. The van der Waals surface area contributed by atoms with Crippen LogP contribution in [-0.4, -0.2) is 59.5 Å². The highest BCUT2D eigenvalue weighted by molar-refractivity contribution is 4.95. The van der Waals surface area contributed by atoms with Gasteiger partial charge < -0.3 is 15.2 Å². The molecule has 2 aliphatic rings. The molecule has 4 unspecified atom stereocenters. The number of nitrogens with one attached hydrogen (secondary N) is 1. The van der Waals surface area contributed by atoms with Gasteiger partial charge in [0.2, 0.25) is 0 Å². The van der Waals surface area contributed by atoms with Crippen LogP contribution in [0.3, 0.4) is 0 Å². The Hall–Kier alpha value is -0.160. The van der Waals surface area contributed by atoms with Crippen molar-refractivity contribution in [3.63, 3.8) is 0 Å². The Bertz CT molecular complexity index is 265. The molecule has 100 valence electrons. The second-order valence-electron chi connectivity index (χ2n) is 6.45. The fourth-order valence-electron chi connectivity index (χ4n) is 2.95. The molecule has 2 heterocycles. The van der Waals surface area contributed by atoms with Crippen molar-refractivity contribution >= 4 is 0 Å². The third-order valence-corrected chi connectivity index (χ3v) is 3.66. The van der Waals surface area contributed by atoms with Crippen LogP contribution >= 0.6 is 0 Å². The second-order valence-corrected chi connectivity index (χ2v) is 6.45. The monoisotopic (exact) mass is 242 g/mol. The van der Waals surface area contributed by atoms with Crippen molar-refractivity contribution in [1.29, 1.82) is 0 Å². The lowest BCUT2D eigenvalue weighted by molar-refractivity contribution is -0.0756. The van der Waals surface area contributed by atoms with E-state index in [9.17, 15) is 5.11 Å². The van der Waals surface area contributed by atoms with E-state index in [-0.39, 0.29) is 17.8 Å². The van der Waals surface area contributed by atoms with E-state index in [0.29, 0.717) is 12.1 Å². The standard InChI is InChI=1S/C13H26N2O2/c1-9(17-13(2,3)4)12-8-15-7-11(16)5-10(15)6-14-12/h9-12,14,16H,5-8H2,1-4H3. The smallest absolute Gasteiger partial charge is 0.0719 e. The molecule has 0 bridgehead atoms. The first-order valence-corrected chi connectivity index (χ1v) is 6.68. The van der Waals surface area contributed by atoms with Gasteiger partial charge >= 0.3 is 0 Å². The summed E-state index contributed by atoms with van der Waals surface area (Å²) in [5.41, 5.74) is -0.0948. The average Bonchev–Trinajstić information content (AvgIpc) is 2.53. The minimum atomic E-state index is -0.139. The van der Waals surface area contributed by atoms with E-state index in [1.807, 2.05) is 0 Å². The average molecular weight is 242 g/mol. The van der Waals surface area contributed by atoms with Crippen molar-refractivity contribution in [2.75, 3.05) is 19.6 Å². The number of nitrogens with zero attached hydrogens (tertiary/aromatic N) is 1. The maximum absolute atomic E-state index is 9.67. The summed E-state index contributed by atoms with van der Waals surface area (Å²) < 4.78 is 6.00. The number of fused-ring (bicyclic) bond motifs is 1. The van der Waals surface area contributed by atoms with Crippen molar-refractivity contribution in [3.8, 4) is 0 Å². The Kier molecular flexibility index (Phi) is 3.78. The molecule has 0 aliphatic carbocycles. The molecule has 0 radical (unpaired) electrons. The van der Waals surface area contributed by atoms with E-state index in [0.717, 1.165) is 26.1 Å². The van der Waals surface area contributed by atoms with Gasteiger partial charge in [0, 0.05) is 31.7 Å². The first-order chi connectivity index (χ1) is 7.85. The molecular formula is C13H26N2O2. The normalized spacial score (nSPS) is 36.9. The van der Waals surface area contributed by atoms with Crippen molar-refractivity contribution < 1.29 is 9.84 Å². The van der Waals surface area contributed by atoms with E-state index >= 15 is 0 Å². The van der Waals surface area contributed by atoms with Crippen LogP contribution < -0.4 is 5.32 Å². The van der Waals surface area contributed by atoms with Crippen LogP contribution in [-0.2, 0) is 4.74 Å². The number of aliphatic hydroxyl groups is 1. The highest BCUT2D eigenvalue weighted by Crippen LogP contribution is 2.23. The molecule has 2 fully saturated rings. The minimum Gasteiger partial charge on any atom is -0.392 e. The summed E-state index contributed by atoms with van der Waals surface area (Å²) in [6, 6.07) is 0.888. The molecule has 17 heavy (non-hydrogen) atoms. The molecule has 4 heteroatoms. The highest BCUT2D eigenvalue weighted by atomic mass is 16.5. The predicted octanol–water partition coefficient (Wildman–Crippen LogP) is 0.597. The van der Waals surface area contributed by atoms with Crippen molar-refractivity contribution in [2.24, 2.45) is 0 Å². The van der Waals surface area contributed by atoms with Gasteiger partial charge in [-0.3, -0.25) is 4.90 Å². The van der Waals surface area contributed by atoms with Gasteiger partial charge in [-0.05, 0) is 34.1 Å². The van der Waals surface area contributed by atoms with Crippen LogP contribution in [0.2, 0.25) is 0 Å². The van der Waals surface area contributed by atoms with Crippen molar-refractivity contribution in [1.82, 2.24) is 10.2 Å². The summed E-state index contributed by atoms with van der Waals surface area (Å²) in [6.07, 6.45) is 0.974. The fraction of sp³-hybridized carbons (Fsp3) is 1.00. The zero-order valence-corrected chi connectivity index (χ0v) is 11.4. The summed E-state index contributed by atoms with van der Waals surface area (Å²) in [6.45, 7) is 11.2. The number of piperazine rings is 1. The van der Waals surface area contributed by atoms with Gasteiger partial charge in [-0.1, -0.05) is 0 Å². The van der Waals surface area contributed by atoms with Gasteiger partial charge in [-0.15, -0.1) is 0 Å². The van der Waals surface area contributed by atoms with Crippen LogP contribution in [0.15, 0.2) is 0 Å². The quantitative estimate of drug-likeness (QED) is 0.744. The first kappa shape index (κ1) is 13.3. The van der Waals surface area contributed by atoms with Crippen LogP contribution in [0.4, 0.5) is 0 Å². The van der Waals surface area contributed by atoms with E-state index < -0.39 is 0 Å². The molecule has 2 aliphatic heterocycles. The molecule has 0 aromatic heterocycles. The molecule has 0 spiro atoms. The number of rotatable bonds is 2. The van der Waals surface area contributed by atoms with Gasteiger partial charge in [0.25, 0.3) is 0 Å². The number of aliphatic hydroxyl groups excluding tert-OH is 1. The molecule has 2 rings (SSSR count). The molecule has 0 saturated carbocycles. The summed E-state index contributed by atoms with van der Waals surface area (Å²) in [7, 11) is 0. The number of ether oxygens (including phenoxy) is 1. The van der Waals surface area contributed by atoms with Crippen molar-refractivity contribution in [3.05, 3.63) is 0 Å². The van der Waals surface area contributed by atoms with Gasteiger partial charge in [-0.2, -0.15) is 0 Å². The number of hydrogen-bond acceptors (Lipinski definition) is 4. The van der Waals surface area contributed by atoms with Crippen LogP contribution in [0.5, 0.6) is 0 Å². The van der Waals surface area contributed by atoms with Gasteiger partial charge in [0.05, 0.1) is 17.8 Å². The maximum Gasteiger partial charge on any atom is 0.0719 e. The lowest BCUT2D eigenvalue weighted by Gasteiger charge is -2.40. The molecule has 4 nitrogen and oxygen atoms in total. The van der Waals surface area contributed by atoms with Gasteiger partial charge in [0.1, 0.15) is 0 Å². The Morgan fingerprint density at radius 3 is 2.71 bits per heavy atom. The summed E-state index contributed by atoms with van der Waals surface area (Å²) >= 11 is 0. The van der Waals surface area contributed by atoms with E-state index in [1.165, 1.54) is 0 Å². The SMILES string of the molecule is CC(OC(C)(C)C)C1CN2CC(O)CC2CN1. The lowest BCUT2D eigenvalue weighted by atomic mass is 10.1. The minimum absolute atomic E-state index is 0.0948. The molecule has 4 atom stereocenters. The zero-order chi connectivity index (χ0) is 12.6. The third-order valence-electron chi connectivity index (χ3n) is 3.66. The van der Waals surface area contributed by atoms with Gasteiger partial charge in [0.15, 0.2) is 0 Å². The molecule has 0 amide bonds. The summed E-state index contributed by atoms with van der Waals surface area (Å²) in [5, 5.41) is 13.2. The molecule has 2 N–H and O–H groups in total. The highest BCUT2D eigenvalue weighted by Gasteiger charge is 2.37. The molecule has 2 saturated heterocycles. The summed E-state index contributed by atoms with van der Waals surface area (Å²) in [5.74, 6) is 0. The topological polar surface area (TPSA) is 44.7 Å². The van der Waals surface area contributed by atoms with Crippen LogP contribution in [0.1, 0.15) is 34.1 Å². The van der Waals surface area contributed by atoms with E-state index in [4.69, 9.17) is 4.74 Å². The third kappa shape index (κ3) is 3.41. The van der Waals surface area contributed by atoms with Crippen molar-refractivity contribution in [2.45, 2.75) is 64.0 Å². The maximum atomic E-state index is 9.67. The Labute approximate surface area is 104 Å². The fourth-order valence-corrected chi connectivity index (χ4v) is 2.95. The predicted molar refractivity (Wildman–Crippen MR) is 68.1 cm³/mol. The molecule has 0 aromatic rings. The Morgan fingerprint density at radius 1 is 1.35 bits per heavy atom. The summed E-state index contributed by atoms with van der Waals surface area (Å²) in [4.78, 5) is 2.40. The van der Waals surface area contributed by atoms with E-state index in [1.54, 1.807) is 0 Å². The van der Waals surface area contributed by atoms with Crippen LogP contribution in [0.25, 0.3) is 0 Å². The lowest BCUT2D eigenvalue weighted by Crippen LogP contribution is -2.58. The van der Waals surface area contributed by atoms with Gasteiger partial charge in [-0.25, -0.2) is 0 Å². The Morgan fingerprint density at radius 2 is 2.06 bits per heavy atom. The number of hydrogen-bond donors (Lipinski definition) is 2. The first-order valence-electron chi connectivity index (χ1n) is 6.68. The molecule has 0 aromatic carbocycles.